The van der Waals surface area contributed by atoms with E-state index in [-0.39, 0.29) is 6.42 Å². The van der Waals surface area contributed by atoms with Gasteiger partial charge in [-0.15, -0.1) is 0 Å². The van der Waals surface area contributed by atoms with Crippen LogP contribution in [0.25, 0.3) is 0 Å². The van der Waals surface area contributed by atoms with E-state index in [9.17, 15) is 9.59 Å². The van der Waals surface area contributed by atoms with Gasteiger partial charge in [0.25, 0.3) is 0 Å². The molecular weight excluding hydrogens is 373 g/mol. The summed E-state index contributed by atoms with van der Waals surface area (Å²) in [5, 5.41) is 2.59. The number of rotatable bonds is 5. The van der Waals surface area contributed by atoms with Gasteiger partial charge in [-0.1, -0.05) is 24.3 Å². The first-order valence-corrected chi connectivity index (χ1v) is 9.76. The Kier molecular flexibility index (Phi) is 6.70. The van der Waals surface area contributed by atoms with Gasteiger partial charge < -0.3 is 24.1 Å². The highest BCUT2D eigenvalue weighted by molar-refractivity contribution is 6.62. The number of alkyl carbamates (subject to hydrolysis) is 1. The molecule has 160 valence electrons. The smallest absolute Gasteiger partial charge is 0.467 e. The molecule has 1 aliphatic rings. The predicted molar refractivity (Wildman–Crippen MR) is 111 cm³/mol. The number of benzene rings is 1. The molecule has 8 heteroatoms. The summed E-state index contributed by atoms with van der Waals surface area (Å²) in [6.45, 7) is 13.3. The van der Waals surface area contributed by atoms with E-state index in [2.05, 4.69) is 5.32 Å². The molecule has 0 radical (unpaired) electrons. The molecule has 1 amide bonds. The number of hydrogen-bond donors (Lipinski definition) is 1. The van der Waals surface area contributed by atoms with Gasteiger partial charge in [0.2, 0.25) is 0 Å². The minimum absolute atomic E-state index is 0.249. The molecule has 0 saturated carbocycles. The van der Waals surface area contributed by atoms with Gasteiger partial charge >= 0.3 is 19.2 Å². The van der Waals surface area contributed by atoms with Gasteiger partial charge in [0.15, 0.2) is 0 Å². The molecule has 0 bridgehead atoms. The Morgan fingerprint density at radius 1 is 1.14 bits per heavy atom. The number of amides is 1. The third-order valence-corrected chi connectivity index (χ3v) is 5.09. The molecule has 1 N–H and O–H groups in total. The van der Waals surface area contributed by atoms with Gasteiger partial charge in [-0.3, -0.25) is 0 Å². The molecule has 0 unspecified atom stereocenters. The van der Waals surface area contributed by atoms with Crippen molar-refractivity contribution in [2.45, 2.75) is 77.7 Å². The van der Waals surface area contributed by atoms with Gasteiger partial charge in [0.05, 0.1) is 18.3 Å². The van der Waals surface area contributed by atoms with Gasteiger partial charge in [-0.05, 0) is 59.5 Å². The molecule has 0 spiro atoms. The van der Waals surface area contributed by atoms with Crippen LogP contribution in [-0.2, 0) is 30.0 Å². The number of ether oxygens (including phenoxy) is 2. The average molecular weight is 405 g/mol. The number of esters is 1. The Balaban J connectivity index is 2.15. The fraction of sp³-hybridized carbons (Fsp3) is 0.619. The molecule has 0 aromatic heterocycles. The molecule has 29 heavy (non-hydrogen) atoms. The summed E-state index contributed by atoms with van der Waals surface area (Å²) < 4.78 is 22.3. The third-order valence-electron chi connectivity index (χ3n) is 5.09. The molecule has 1 atom stereocenters. The lowest BCUT2D eigenvalue weighted by molar-refractivity contribution is -0.143. The van der Waals surface area contributed by atoms with Crippen molar-refractivity contribution < 1.29 is 28.4 Å². The van der Waals surface area contributed by atoms with Crippen LogP contribution in [0.15, 0.2) is 24.3 Å². The van der Waals surface area contributed by atoms with Crippen LogP contribution < -0.4 is 10.8 Å². The third kappa shape index (κ3) is 5.96. The number of methoxy groups -OCH3 is 1. The lowest BCUT2D eigenvalue weighted by atomic mass is 9.78. The molecule has 1 fully saturated rings. The zero-order valence-electron chi connectivity index (χ0n) is 18.6. The van der Waals surface area contributed by atoms with Crippen LogP contribution in [-0.4, -0.2) is 49.1 Å². The van der Waals surface area contributed by atoms with E-state index in [0.29, 0.717) is 0 Å². The Bertz CT molecular complexity index is 740. The monoisotopic (exact) mass is 405 g/mol. The number of nitrogens with one attached hydrogen (secondary N) is 1. The fourth-order valence-electron chi connectivity index (χ4n) is 2.87. The minimum atomic E-state index is -0.872. The first kappa shape index (κ1) is 23.2. The van der Waals surface area contributed by atoms with Crippen molar-refractivity contribution in [1.82, 2.24) is 5.32 Å². The van der Waals surface area contributed by atoms with Gasteiger partial charge in [-0.2, -0.15) is 0 Å². The van der Waals surface area contributed by atoms with Crippen LogP contribution >= 0.6 is 0 Å². The summed E-state index contributed by atoms with van der Waals surface area (Å²) >= 11 is 0. The highest BCUT2D eigenvalue weighted by atomic mass is 16.7. The maximum atomic E-state index is 12.2. The summed E-state index contributed by atoms with van der Waals surface area (Å²) in [6, 6.07) is 6.71. The molecule has 1 heterocycles. The van der Waals surface area contributed by atoms with E-state index in [1.54, 1.807) is 20.8 Å². The Morgan fingerprint density at radius 2 is 1.72 bits per heavy atom. The lowest BCUT2D eigenvalue weighted by Gasteiger charge is -2.32. The Hall–Kier alpha value is -2.06. The van der Waals surface area contributed by atoms with E-state index in [1.165, 1.54) is 7.11 Å². The summed E-state index contributed by atoms with van der Waals surface area (Å²) in [5.41, 5.74) is 0.133. The maximum Gasteiger partial charge on any atom is 0.494 e. The fourth-order valence-corrected chi connectivity index (χ4v) is 2.87. The van der Waals surface area contributed by atoms with Crippen molar-refractivity contribution in [3.8, 4) is 0 Å². The molecule has 7 nitrogen and oxygen atoms in total. The van der Waals surface area contributed by atoms with Crippen LogP contribution in [0.2, 0.25) is 0 Å². The molecule has 1 saturated heterocycles. The first-order chi connectivity index (χ1) is 13.2. The first-order valence-electron chi connectivity index (χ1n) is 9.76. The van der Waals surface area contributed by atoms with Gasteiger partial charge in [0, 0.05) is 6.42 Å². The standard InChI is InChI=1S/C21H32BNO6/c1-19(2,3)27-18(25)23-16(17(24)26-8)13-14-10-9-11-15(12-14)22-28-20(4,5)21(6,7)29-22/h9-12,16H,13H2,1-8H3,(H,23,25)/t16-/m1/s1. The van der Waals surface area contributed by atoms with Crippen LogP contribution in [0, 0.1) is 0 Å². The van der Waals surface area contributed by atoms with E-state index < -0.39 is 42.0 Å². The van der Waals surface area contributed by atoms with Crippen molar-refractivity contribution >= 4 is 24.6 Å². The van der Waals surface area contributed by atoms with Crippen LogP contribution in [0.4, 0.5) is 4.79 Å². The van der Waals surface area contributed by atoms with E-state index in [1.807, 2.05) is 52.0 Å². The predicted octanol–water partition coefficient (Wildman–Crippen LogP) is 2.59. The van der Waals surface area contributed by atoms with Crippen molar-refractivity contribution in [2.24, 2.45) is 0 Å². The molecular formula is C21H32BNO6. The SMILES string of the molecule is COC(=O)[C@@H](Cc1cccc(B2OC(C)(C)C(C)(C)O2)c1)NC(=O)OC(C)(C)C. The number of carbonyl (C=O) groups excluding carboxylic acids is 2. The van der Waals surface area contributed by atoms with Gasteiger partial charge in [-0.25, -0.2) is 9.59 Å². The summed E-state index contributed by atoms with van der Waals surface area (Å²) in [5.74, 6) is -0.545. The summed E-state index contributed by atoms with van der Waals surface area (Å²) in [6.07, 6.45) is -0.422. The Labute approximate surface area is 173 Å². The van der Waals surface area contributed by atoms with Crippen LogP contribution in [0.3, 0.4) is 0 Å². The molecule has 2 rings (SSSR count). The van der Waals surface area contributed by atoms with Crippen molar-refractivity contribution in [1.29, 1.82) is 0 Å². The maximum absolute atomic E-state index is 12.2. The van der Waals surface area contributed by atoms with E-state index in [4.69, 9.17) is 18.8 Å². The minimum Gasteiger partial charge on any atom is -0.467 e. The molecule has 1 aliphatic heterocycles. The van der Waals surface area contributed by atoms with Crippen LogP contribution in [0.5, 0.6) is 0 Å². The summed E-state index contributed by atoms with van der Waals surface area (Å²) in [7, 11) is 0.780. The molecule has 1 aromatic carbocycles. The second-order valence-corrected chi connectivity index (χ2v) is 9.26. The molecule has 1 aromatic rings. The average Bonchev–Trinajstić information content (AvgIpc) is 2.80. The van der Waals surface area contributed by atoms with Crippen molar-refractivity contribution in [2.75, 3.05) is 7.11 Å². The second-order valence-electron chi connectivity index (χ2n) is 9.26. The van der Waals surface area contributed by atoms with Crippen molar-refractivity contribution in [3.63, 3.8) is 0 Å². The number of carbonyl (C=O) groups is 2. The lowest BCUT2D eigenvalue weighted by Crippen LogP contribution is -2.45. The highest BCUT2D eigenvalue weighted by Gasteiger charge is 2.51. The zero-order valence-corrected chi connectivity index (χ0v) is 18.6. The van der Waals surface area contributed by atoms with Crippen LogP contribution in [0.1, 0.15) is 54.0 Å². The second kappa shape index (κ2) is 8.36. The largest absolute Gasteiger partial charge is 0.494 e. The quantitative estimate of drug-likeness (QED) is 0.599. The van der Waals surface area contributed by atoms with E-state index in [0.717, 1.165) is 11.0 Å². The van der Waals surface area contributed by atoms with E-state index >= 15 is 0 Å². The van der Waals surface area contributed by atoms with Gasteiger partial charge in [0.1, 0.15) is 11.6 Å². The molecule has 0 aliphatic carbocycles. The topological polar surface area (TPSA) is 83.1 Å². The van der Waals surface area contributed by atoms with Crippen molar-refractivity contribution in [3.05, 3.63) is 29.8 Å². The Morgan fingerprint density at radius 3 is 2.24 bits per heavy atom. The zero-order chi connectivity index (χ0) is 22.0. The highest BCUT2D eigenvalue weighted by Crippen LogP contribution is 2.36. The number of hydrogen-bond acceptors (Lipinski definition) is 6. The summed E-state index contributed by atoms with van der Waals surface area (Å²) in [4.78, 5) is 24.3. The normalized spacial score (nSPS) is 18.8.